The van der Waals surface area contributed by atoms with E-state index in [1.54, 1.807) is 24.3 Å². The van der Waals surface area contributed by atoms with Gasteiger partial charge in [0.1, 0.15) is 11.5 Å². The monoisotopic (exact) mass is 444 g/mol. The van der Waals surface area contributed by atoms with Crippen LogP contribution in [0.15, 0.2) is 72.8 Å². The molecular weight excluding hydrogens is 416 g/mol. The normalized spacial score (nSPS) is 14.5. The number of aromatic hydroxyl groups is 1. The van der Waals surface area contributed by atoms with E-state index in [0.29, 0.717) is 11.3 Å². The molecule has 33 heavy (non-hydrogen) atoms. The molecule has 3 aromatic carbocycles. The Morgan fingerprint density at radius 3 is 2.33 bits per heavy atom. The van der Waals surface area contributed by atoms with Gasteiger partial charge < -0.3 is 20.5 Å². The van der Waals surface area contributed by atoms with E-state index in [0.717, 1.165) is 24.2 Å². The standard InChI is InChI=1S/C27H28N2O4/c1-18(19-7-3-2-4-8-19)28-27(32)24-17-21(30)13-16-25(24)29-26(31)20-11-14-23(15-12-20)33-22-9-5-6-10-22/h2-4,7-8,11-18,22,30H,5-6,9-10H2,1H3,(H,28,32)(H,29,31)/t18-/m1/s1. The molecule has 0 spiro atoms. The third-order valence-corrected chi connectivity index (χ3v) is 5.86. The van der Waals surface area contributed by atoms with Gasteiger partial charge in [-0.3, -0.25) is 9.59 Å². The van der Waals surface area contributed by atoms with Crippen molar-refractivity contribution in [3.8, 4) is 11.5 Å². The van der Waals surface area contributed by atoms with Crippen LogP contribution in [0.4, 0.5) is 5.69 Å². The number of ether oxygens (including phenoxy) is 1. The first-order valence-corrected chi connectivity index (χ1v) is 11.3. The summed E-state index contributed by atoms with van der Waals surface area (Å²) in [4.78, 5) is 25.8. The Bertz CT molecular complexity index is 1110. The second-order valence-corrected chi connectivity index (χ2v) is 8.34. The van der Waals surface area contributed by atoms with Crippen molar-refractivity contribution in [1.29, 1.82) is 0 Å². The van der Waals surface area contributed by atoms with E-state index in [2.05, 4.69) is 10.6 Å². The highest BCUT2D eigenvalue weighted by Gasteiger charge is 2.19. The smallest absolute Gasteiger partial charge is 0.255 e. The van der Waals surface area contributed by atoms with Gasteiger partial charge in [-0.05, 0) is 80.6 Å². The van der Waals surface area contributed by atoms with Gasteiger partial charge in [-0.1, -0.05) is 30.3 Å². The van der Waals surface area contributed by atoms with Crippen molar-refractivity contribution in [2.24, 2.45) is 0 Å². The quantitative estimate of drug-likeness (QED) is 0.423. The van der Waals surface area contributed by atoms with Crippen LogP contribution in [0.1, 0.15) is 64.9 Å². The average molecular weight is 445 g/mol. The molecule has 3 N–H and O–H groups in total. The fraction of sp³-hybridized carbons (Fsp3) is 0.259. The van der Waals surface area contributed by atoms with Crippen LogP contribution in [0.25, 0.3) is 0 Å². The number of anilines is 1. The van der Waals surface area contributed by atoms with Crippen LogP contribution in [0.3, 0.4) is 0 Å². The zero-order valence-electron chi connectivity index (χ0n) is 18.6. The van der Waals surface area contributed by atoms with Gasteiger partial charge in [0, 0.05) is 5.56 Å². The van der Waals surface area contributed by atoms with Crippen molar-refractivity contribution in [2.75, 3.05) is 5.32 Å². The number of carbonyl (C=O) groups excluding carboxylic acids is 2. The van der Waals surface area contributed by atoms with Gasteiger partial charge >= 0.3 is 0 Å². The molecule has 1 saturated carbocycles. The third kappa shape index (κ3) is 5.71. The summed E-state index contributed by atoms with van der Waals surface area (Å²) in [5, 5.41) is 15.6. The van der Waals surface area contributed by atoms with Crippen molar-refractivity contribution in [3.05, 3.63) is 89.5 Å². The molecule has 0 saturated heterocycles. The predicted octanol–water partition coefficient (Wildman–Crippen LogP) is 5.46. The summed E-state index contributed by atoms with van der Waals surface area (Å²) in [5.74, 6) is -0.0481. The van der Waals surface area contributed by atoms with Gasteiger partial charge in [-0.15, -0.1) is 0 Å². The number of benzene rings is 3. The fourth-order valence-electron chi connectivity index (χ4n) is 4.01. The van der Waals surface area contributed by atoms with Crippen LogP contribution in [-0.4, -0.2) is 23.0 Å². The van der Waals surface area contributed by atoms with Crippen molar-refractivity contribution in [2.45, 2.75) is 44.8 Å². The van der Waals surface area contributed by atoms with Crippen LogP contribution in [0.2, 0.25) is 0 Å². The van der Waals surface area contributed by atoms with Crippen molar-refractivity contribution < 1.29 is 19.4 Å². The minimum Gasteiger partial charge on any atom is -0.508 e. The average Bonchev–Trinajstić information content (AvgIpc) is 3.34. The zero-order chi connectivity index (χ0) is 23.2. The molecule has 6 heteroatoms. The van der Waals surface area contributed by atoms with Gasteiger partial charge in [0.25, 0.3) is 11.8 Å². The molecular formula is C27H28N2O4. The highest BCUT2D eigenvalue weighted by molar-refractivity contribution is 6.09. The zero-order valence-corrected chi connectivity index (χ0v) is 18.6. The summed E-state index contributed by atoms with van der Waals surface area (Å²) in [5.41, 5.74) is 1.91. The Morgan fingerprint density at radius 1 is 0.939 bits per heavy atom. The number of hydrogen-bond acceptors (Lipinski definition) is 4. The molecule has 0 aliphatic heterocycles. The SMILES string of the molecule is C[C@@H](NC(=O)c1cc(O)ccc1NC(=O)c1ccc(OC2CCCC2)cc1)c1ccccc1. The Balaban J connectivity index is 1.45. The van der Waals surface area contributed by atoms with Crippen LogP contribution in [-0.2, 0) is 0 Å². The van der Waals surface area contributed by atoms with E-state index in [4.69, 9.17) is 4.74 Å². The van der Waals surface area contributed by atoms with Gasteiger partial charge in [-0.25, -0.2) is 0 Å². The van der Waals surface area contributed by atoms with Gasteiger partial charge in [0.2, 0.25) is 0 Å². The number of nitrogens with one attached hydrogen (secondary N) is 2. The molecule has 0 radical (unpaired) electrons. The molecule has 0 heterocycles. The largest absolute Gasteiger partial charge is 0.508 e. The van der Waals surface area contributed by atoms with Crippen LogP contribution < -0.4 is 15.4 Å². The summed E-state index contributed by atoms with van der Waals surface area (Å²) >= 11 is 0. The lowest BCUT2D eigenvalue weighted by atomic mass is 10.1. The highest BCUT2D eigenvalue weighted by Crippen LogP contribution is 2.26. The lowest BCUT2D eigenvalue weighted by molar-refractivity contribution is 0.0940. The second kappa shape index (κ2) is 10.2. The highest BCUT2D eigenvalue weighted by atomic mass is 16.5. The number of phenolic OH excluding ortho intramolecular Hbond substituents is 1. The van der Waals surface area contributed by atoms with Crippen LogP contribution in [0, 0.1) is 0 Å². The molecule has 170 valence electrons. The van der Waals surface area contributed by atoms with Crippen molar-refractivity contribution in [3.63, 3.8) is 0 Å². The Labute approximate surface area is 193 Å². The maximum atomic E-state index is 12.9. The maximum Gasteiger partial charge on any atom is 0.255 e. The lowest BCUT2D eigenvalue weighted by Gasteiger charge is -2.17. The Hall–Kier alpha value is -3.80. The lowest BCUT2D eigenvalue weighted by Crippen LogP contribution is -2.28. The van der Waals surface area contributed by atoms with Gasteiger partial charge in [0.15, 0.2) is 0 Å². The summed E-state index contributed by atoms with van der Waals surface area (Å²) in [6, 6.07) is 20.6. The fourth-order valence-corrected chi connectivity index (χ4v) is 4.01. The molecule has 4 rings (SSSR count). The van der Waals surface area contributed by atoms with E-state index >= 15 is 0 Å². The minimum absolute atomic E-state index is 0.0565. The second-order valence-electron chi connectivity index (χ2n) is 8.34. The summed E-state index contributed by atoms with van der Waals surface area (Å²) in [6.45, 7) is 1.88. The first-order chi connectivity index (χ1) is 16.0. The van der Waals surface area contributed by atoms with Crippen molar-refractivity contribution in [1.82, 2.24) is 5.32 Å². The molecule has 0 aromatic heterocycles. The molecule has 1 aliphatic rings. The number of phenols is 1. The first-order valence-electron chi connectivity index (χ1n) is 11.3. The Kier molecular flexibility index (Phi) is 6.93. The molecule has 3 aromatic rings. The molecule has 1 aliphatic carbocycles. The van der Waals surface area contributed by atoms with E-state index in [1.807, 2.05) is 37.3 Å². The summed E-state index contributed by atoms with van der Waals surface area (Å²) in [7, 11) is 0. The first kappa shape index (κ1) is 22.4. The van der Waals surface area contributed by atoms with E-state index in [-0.39, 0.29) is 29.4 Å². The van der Waals surface area contributed by atoms with Gasteiger partial charge in [0.05, 0.1) is 23.4 Å². The number of amides is 2. The van der Waals surface area contributed by atoms with Crippen LogP contribution >= 0.6 is 0 Å². The van der Waals surface area contributed by atoms with Gasteiger partial charge in [-0.2, -0.15) is 0 Å². The maximum absolute atomic E-state index is 12.9. The molecule has 0 bridgehead atoms. The summed E-state index contributed by atoms with van der Waals surface area (Å²) in [6.07, 6.45) is 4.77. The van der Waals surface area contributed by atoms with E-state index < -0.39 is 5.91 Å². The molecule has 2 amide bonds. The van der Waals surface area contributed by atoms with Crippen molar-refractivity contribution >= 4 is 17.5 Å². The molecule has 1 fully saturated rings. The summed E-state index contributed by atoms with van der Waals surface area (Å²) < 4.78 is 5.95. The van der Waals surface area contributed by atoms with E-state index in [9.17, 15) is 14.7 Å². The third-order valence-electron chi connectivity index (χ3n) is 5.86. The van der Waals surface area contributed by atoms with E-state index in [1.165, 1.54) is 31.0 Å². The topological polar surface area (TPSA) is 87.7 Å². The molecule has 0 unspecified atom stereocenters. The predicted molar refractivity (Wildman–Crippen MR) is 128 cm³/mol. The molecule has 1 atom stereocenters. The van der Waals surface area contributed by atoms with Crippen LogP contribution in [0.5, 0.6) is 11.5 Å². The number of carbonyl (C=O) groups is 2. The number of rotatable bonds is 7. The Morgan fingerprint density at radius 2 is 1.64 bits per heavy atom. The molecule has 6 nitrogen and oxygen atoms in total. The number of hydrogen-bond donors (Lipinski definition) is 3. The minimum atomic E-state index is -0.391.